The van der Waals surface area contributed by atoms with E-state index in [1.54, 1.807) is 40.9 Å². The standard InChI is InChI=1S/C22H22N2O4S/c1-22(2)17(24-19(26)14-10-6-7-11-15(14)20(24)29-22)18(25)23-16(21(27)28)12-13-8-4-3-5-9-13/h3-11,16-17,20H,12H2,1-2H3,(H,23,25)(H,27,28)/p-1/t16-,17+,20+/m0/s1. The Balaban J connectivity index is 1.59. The predicted molar refractivity (Wildman–Crippen MR) is 108 cm³/mol. The first-order valence-corrected chi connectivity index (χ1v) is 10.3. The van der Waals surface area contributed by atoms with Crippen LogP contribution in [0.4, 0.5) is 0 Å². The van der Waals surface area contributed by atoms with E-state index in [-0.39, 0.29) is 17.7 Å². The van der Waals surface area contributed by atoms with Crippen LogP contribution in [0, 0.1) is 0 Å². The molecule has 0 bridgehead atoms. The molecule has 150 valence electrons. The molecule has 2 aliphatic rings. The van der Waals surface area contributed by atoms with Gasteiger partial charge in [0.05, 0.1) is 12.0 Å². The summed E-state index contributed by atoms with van der Waals surface area (Å²) in [5, 5.41) is 14.0. The molecule has 7 heteroatoms. The Kier molecular flexibility index (Phi) is 4.86. The van der Waals surface area contributed by atoms with Crippen molar-refractivity contribution in [1.82, 2.24) is 10.2 Å². The normalized spacial score (nSPS) is 22.7. The molecule has 0 spiro atoms. The number of benzene rings is 2. The quantitative estimate of drug-likeness (QED) is 0.809. The second kappa shape index (κ2) is 7.22. The molecule has 2 aliphatic heterocycles. The van der Waals surface area contributed by atoms with E-state index < -0.39 is 28.7 Å². The molecule has 0 radical (unpaired) electrons. The molecule has 6 nitrogen and oxygen atoms in total. The van der Waals surface area contributed by atoms with Gasteiger partial charge in [-0.2, -0.15) is 0 Å². The summed E-state index contributed by atoms with van der Waals surface area (Å²) in [5.41, 5.74) is 2.27. The molecule has 0 unspecified atom stereocenters. The van der Waals surface area contributed by atoms with Gasteiger partial charge in [-0.3, -0.25) is 9.59 Å². The first-order valence-electron chi connectivity index (χ1n) is 9.44. The van der Waals surface area contributed by atoms with Crippen LogP contribution in [0.15, 0.2) is 54.6 Å². The molecule has 2 amide bonds. The Morgan fingerprint density at radius 1 is 1.14 bits per heavy atom. The highest BCUT2D eigenvalue weighted by Gasteiger charge is 2.57. The maximum absolute atomic E-state index is 13.2. The lowest BCUT2D eigenvalue weighted by Gasteiger charge is -2.31. The second-order valence-corrected chi connectivity index (χ2v) is 9.58. The first kappa shape index (κ1) is 19.5. The minimum atomic E-state index is -1.35. The molecular weight excluding hydrogens is 388 g/mol. The Morgan fingerprint density at radius 2 is 1.79 bits per heavy atom. The largest absolute Gasteiger partial charge is 0.548 e. The third-order valence-corrected chi connectivity index (χ3v) is 6.96. The molecule has 0 saturated carbocycles. The van der Waals surface area contributed by atoms with Gasteiger partial charge in [0.15, 0.2) is 0 Å². The number of carbonyl (C=O) groups excluding carboxylic acids is 3. The summed E-state index contributed by atoms with van der Waals surface area (Å²) < 4.78 is -0.568. The smallest absolute Gasteiger partial charge is 0.256 e. The fraction of sp³-hybridized carbons (Fsp3) is 0.318. The van der Waals surface area contributed by atoms with Crippen molar-refractivity contribution < 1.29 is 19.5 Å². The maximum Gasteiger partial charge on any atom is 0.256 e. The highest BCUT2D eigenvalue weighted by molar-refractivity contribution is 8.01. The van der Waals surface area contributed by atoms with Gasteiger partial charge >= 0.3 is 0 Å². The van der Waals surface area contributed by atoms with Crippen LogP contribution in [-0.4, -0.2) is 39.5 Å². The maximum atomic E-state index is 13.2. The number of fused-ring (bicyclic) bond motifs is 3. The molecule has 3 atom stereocenters. The van der Waals surface area contributed by atoms with E-state index in [0.717, 1.165) is 11.1 Å². The van der Waals surface area contributed by atoms with Crippen molar-refractivity contribution in [3.8, 4) is 0 Å². The lowest BCUT2D eigenvalue weighted by Crippen LogP contribution is -2.58. The fourth-order valence-corrected chi connectivity index (χ4v) is 5.69. The van der Waals surface area contributed by atoms with Crippen LogP contribution in [0.5, 0.6) is 0 Å². The summed E-state index contributed by atoms with van der Waals surface area (Å²) in [5.74, 6) is -2.02. The molecule has 2 aromatic carbocycles. The highest BCUT2D eigenvalue weighted by Crippen LogP contribution is 2.56. The van der Waals surface area contributed by atoms with E-state index in [4.69, 9.17) is 0 Å². The third kappa shape index (κ3) is 3.40. The van der Waals surface area contributed by atoms with Gasteiger partial charge in [0.2, 0.25) is 5.91 Å². The van der Waals surface area contributed by atoms with Crippen LogP contribution in [-0.2, 0) is 16.0 Å². The van der Waals surface area contributed by atoms with Gasteiger partial charge in [-0.1, -0.05) is 48.5 Å². The van der Waals surface area contributed by atoms with E-state index >= 15 is 0 Å². The van der Waals surface area contributed by atoms with Gasteiger partial charge < -0.3 is 20.1 Å². The monoisotopic (exact) mass is 409 g/mol. The lowest BCUT2D eigenvalue weighted by atomic mass is 9.99. The zero-order chi connectivity index (χ0) is 20.8. The van der Waals surface area contributed by atoms with Crippen molar-refractivity contribution in [2.75, 3.05) is 0 Å². The second-order valence-electron chi connectivity index (χ2n) is 7.85. The average molecular weight is 409 g/mol. The zero-order valence-electron chi connectivity index (χ0n) is 16.1. The van der Waals surface area contributed by atoms with Crippen molar-refractivity contribution in [2.24, 2.45) is 0 Å². The van der Waals surface area contributed by atoms with Crippen LogP contribution in [0.3, 0.4) is 0 Å². The number of carboxylic acids is 1. The topological polar surface area (TPSA) is 89.5 Å². The first-order chi connectivity index (χ1) is 13.8. The molecule has 0 aromatic heterocycles. The fourth-order valence-electron chi connectivity index (χ4n) is 4.10. The number of carbonyl (C=O) groups is 3. The number of nitrogens with zero attached hydrogens (tertiary/aromatic N) is 1. The Hall–Kier alpha value is -2.80. The molecule has 4 rings (SSSR count). The molecule has 2 heterocycles. The van der Waals surface area contributed by atoms with Crippen molar-refractivity contribution >= 4 is 29.5 Å². The minimum Gasteiger partial charge on any atom is -0.548 e. The number of hydrogen-bond acceptors (Lipinski definition) is 5. The van der Waals surface area contributed by atoms with Gasteiger partial charge in [0.1, 0.15) is 11.4 Å². The number of hydrogen-bond donors (Lipinski definition) is 1. The predicted octanol–water partition coefficient (Wildman–Crippen LogP) is 1.51. The summed E-state index contributed by atoms with van der Waals surface area (Å²) in [6.07, 6.45) is 0.118. The van der Waals surface area contributed by atoms with Crippen molar-refractivity contribution in [3.63, 3.8) is 0 Å². The van der Waals surface area contributed by atoms with E-state index in [1.165, 1.54) is 0 Å². The van der Waals surface area contributed by atoms with Crippen LogP contribution in [0.1, 0.15) is 40.7 Å². The lowest BCUT2D eigenvalue weighted by molar-refractivity contribution is -0.308. The minimum absolute atomic E-state index is 0.118. The van der Waals surface area contributed by atoms with Crippen LogP contribution in [0.25, 0.3) is 0 Å². The number of amides is 2. The van der Waals surface area contributed by atoms with Crippen molar-refractivity contribution in [3.05, 3.63) is 71.3 Å². The Labute approximate surface area is 173 Å². The summed E-state index contributed by atoms with van der Waals surface area (Å²) in [6.45, 7) is 3.81. The number of rotatable bonds is 5. The number of carboxylic acid groups (broad SMARTS) is 1. The SMILES string of the molecule is CC1(C)S[C@@H]2c3ccccc3C(=O)N2[C@@H]1C(=O)N[C@@H](Cc1ccccc1)C(=O)[O-]. The van der Waals surface area contributed by atoms with E-state index in [9.17, 15) is 19.5 Å². The van der Waals surface area contributed by atoms with Crippen LogP contribution in [0.2, 0.25) is 0 Å². The summed E-state index contributed by atoms with van der Waals surface area (Å²) in [7, 11) is 0. The van der Waals surface area contributed by atoms with Crippen LogP contribution < -0.4 is 10.4 Å². The van der Waals surface area contributed by atoms with E-state index in [0.29, 0.717) is 5.56 Å². The molecule has 0 aliphatic carbocycles. The number of aliphatic carboxylic acids is 1. The molecule has 2 aromatic rings. The third-order valence-electron chi connectivity index (χ3n) is 5.43. The molecular formula is C22H21N2O4S-. The summed E-state index contributed by atoms with van der Waals surface area (Å²) in [6, 6.07) is 14.4. The molecule has 1 fully saturated rings. The van der Waals surface area contributed by atoms with Gasteiger partial charge in [0, 0.05) is 10.3 Å². The van der Waals surface area contributed by atoms with Gasteiger partial charge in [0.25, 0.3) is 5.91 Å². The van der Waals surface area contributed by atoms with Crippen molar-refractivity contribution in [1.29, 1.82) is 0 Å². The Morgan fingerprint density at radius 3 is 2.48 bits per heavy atom. The summed E-state index contributed by atoms with van der Waals surface area (Å²) in [4.78, 5) is 39.4. The number of thioether (sulfide) groups is 1. The van der Waals surface area contributed by atoms with Crippen LogP contribution >= 0.6 is 11.8 Å². The zero-order valence-corrected chi connectivity index (χ0v) is 16.9. The summed E-state index contributed by atoms with van der Waals surface area (Å²) >= 11 is 1.54. The molecule has 29 heavy (non-hydrogen) atoms. The van der Waals surface area contributed by atoms with Gasteiger partial charge in [-0.15, -0.1) is 11.8 Å². The highest BCUT2D eigenvalue weighted by atomic mass is 32.2. The van der Waals surface area contributed by atoms with E-state index in [1.807, 2.05) is 44.2 Å². The van der Waals surface area contributed by atoms with Gasteiger partial charge in [-0.05, 0) is 37.5 Å². The van der Waals surface area contributed by atoms with E-state index in [2.05, 4.69) is 5.32 Å². The average Bonchev–Trinajstić information content (AvgIpc) is 3.12. The molecule has 1 saturated heterocycles. The molecule has 1 N–H and O–H groups in total. The number of nitrogens with one attached hydrogen (secondary N) is 1. The Bertz CT molecular complexity index is 976. The van der Waals surface area contributed by atoms with Crippen molar-refractivity contribution in [2.45, 2.75) is 42.5 Å². The van der Waals surface area contributed by atoms with Gasteiger partial charge in [-0.25, -0.2) is 0 Å².